The largest absolute Gasteiger partial charge is 0.466 e. The van der Waals surface area contributed by atoms with E-state index in [1.165, 1.54) is 0 Å². The standard InChI is InChI=1S/C17H24ClNO3/c1-2-22-17(21)14-4-3-10-19(12-14)11-9-16(20)13-5-7-15(18)8-6-13/h5-8,14,16,20H,2-4,9-12H2,1H3. The molecule has 1 aliphatic heterocycles. The molecule has 0 aliphatic carbocycles. The van der Waals surface area contributed by atoms with Crippen LogP contribution in [0.5, 0.6) is 0 Å². The number of carbonyl (C=O) groups is 1. The first-order valence-corrected chi connectivity index (χ1v) is 8.30. The molecule has 1 saturated heterocycles. The molecule has 1 aromatic carbocycles. The highest BCUT2D eigenvalue weighted by molar-refractivity contribution is 6.30. The fourth-order valence-corrected chi connectivity index (χ4v) is 2.99. The van der Waals surface area contributed by atoms with Crippen molar-refractivity contribution in [2.75, 3.05) is 26.2 Å². The first-order chi connectivity index (χ1) is 10.6. The van der Waals surface area contributed by atoms with Gasteiger partial charge in [-0.1, -0.05) is 23.7 Å². The molecule has 0 amide bonds. The molecule has 1 heterocycles. The van der Waals surface area contributed by atoms with Crippen molar-refractivity contribution in [2.45, 2.75) is 32.3 Å². The minimum atomic E-state index is -0.500. The highest BCUT2D eigenvalue weighted by Gasteiger charge is 2.26. The summed E-state index contributed by atoms with van der Waals surface area (Å²) in [7, 11) is 0. The molecule has 0 spiro atoms. The lowest BCUT2D eigenvalue weighted by Gasteiger charge is -2.31. The van der Waals surface area contributed by atoms with E-state index in [1.54, 1.807) is 12.1 Å². The van der Waals surface area contributed by atoms with Gasteiger partial charge in [-0.25, -0.2) is 0 Å². The molecule has 1 N–H and O–H groups in total. The van der Waals surface area contributed by atoms with Crippen LogP contribution in [0, 0.1) is 5.92 Å². The predicted octanol–water partition coefficient (Wildman–Crippen LogP) is 3.04. The maximum absolute atomic E-state index is 11.8. The zero-order valence-electron chi connectivity index (χ0n) is 13.0. The van der Waals surface area contributed by atoms with Crippen LogP contribution >= 0.6 is 11.6 Å². The normalized spacial score (nSPS) is 20.6. The molecule has 0 radical (unpaired) electrons. The summed E-state index contributed by atoms with van der Waals surface area (Å²) >= 11 is 5.85. The topological polar surface area (TPSA) is 49.8 Å². The summed E-state index contributed by atoms with van der Waals surface area (Å²) in [5.74, 6) is -0.119. The van der Waals surface area contributed by atoms with Crippen LogP contribution in [-0.2, 0) is 9.53 Å². The number of piperidine rings is 1. The molecule has 2 rings (SSSR count). The Balaban J connectivity index is 1.80. The molecule has 122 valence electrons. The monoisotopic (exact) mass is 325 g/mol. The molecule has 1 fully saturated rings. The molecule has 1 aliphatic rings. The van der Waals surface area contributed by atoms with E-state index in [0.717, 1.165) is 38.0 Å². The Bertz CT molecular complexity index is 477. The fourth-order valence-electron chi connectivity index (χ4n) is 2.87. The molecule has 0 aromatic heterocycles. The Labute approximate surface area is 137 Å². The summed E-state index contributed by atoms with van der Waals surface area (Å²) in [6.07, 6.45) is 2.05. The van der Waals surface area contributed by atoms with Gasteiger partial charge in [-0.2, -0.15) is 0 Å². The average Bonchev–Trinajstić information content (AvgIpc) is 2.54. The van der Waals surface area contributed by atoms with Gasteiger partial charge < -0.3 is 14.7 Å². The van der Waals surface area contributed by atoms with Crippen molar-refractivity contribution < 1.29 is 14.6 Å². The summed E-state index contributed by atoms with van der Waals surface area (Å²) in [6, 6.07) is 7.28. The first kappa shape index (κ1) is 17.3. The Kier molecular flexibility index (Phi) is 6.68. The van der Waals surface area contributed by atoms with Crippen LogP contribution in [0.15, 0.2) is 24.3 Å². The SMILES string of the molecule is CCOC(=O)C1CCCN(CCC(O)c2ccc(Cl)cc2)C1. The summed E-state index contributed by atoms with van der Waals surface area (Å²) < 4.78 is 5.11. The number of nitrogens with zero attached hydrogens (tertiary/aromatic N) is 1. The number of ether oxygens (including phenoxy) is 1. The van der Waals surface area contributed by atoms with Gasteiger partial charge in [0.15, 0.2) is 0 Å². The highest BCUT2D eigenvalue weighted by Crippen LogP contribution is 2.22. The molecule has 2 unspecified atom stereocenters. The van der Waals surface area contributed by atoms with Gasteiger partial charge in [0.25, 0.3) is 0 Å². The molecule has 5 heteroatoms. The van der Waals surface area contributed by atoms with Crippen LogP contribution in [0.2, 0.25) is 5.02 Å². The van der Waals surface area contributed by atoms with Gasteiger partial charge in [-0.05, 0) is 50.4 Å². The van der Waals surface area contributed by atoms with Gasteiger partial charge in [0.05, 0.1) is 18.6 Å². The second-order valence-corrected chi connectivity index (χ2v) is 6.18. The molecule has 4 nitrogen and oxygen atoms in total. The number of halogens is 1. The number of esters is 1. The second kappa shape index (κ2) is 8.51. The maximum atomic E-state index is 11.8. The lowest BCUT2D eigenvalue weighted by molar-refractivity contribution is -0.149. The van der Waals surface area contributed by atoms with Gasteiger partial charge in [0, 0.05) is 18.1 Å². The van der Waals surface area contributed by atoms with Crippen molar-refractivity contribution in [3.05, 3.63) is 34.9 Å². The van der Waals surface area contributed by atoms with Gasteiger partial charge >= 0.3 is 5.97 Å². The van der Waals surface area contributed by atoms with Crippen LogP contribution in [0.25, 0.3) is 0 Å². The molecular formula is C17H24ClNO3. The summed E-state index contributed by atoms with van der Waals surface area (Å²) in [4.78, 5) is 14.1. The maximum Gasteiger partial charge on any atom is 0.310 e. The minimum absolute atomic E-state index is 0.0265. The Morgan fingerprint density at radius 3 is 2.86 bits per heavy atom. The molecule has 22 heavy (non-hydrogen) atoms. The molecule has 0 saturated carbocycles. The van der Waals surface area contributed by atoms with E-state index in [4.69, 9.17) is 16.3 Å². The van der Waals surface area contributed by atoms with Crippen molar-refractivity contribution in [3.63, 3.8) is 0 Å². The third-order valence-electron chi connectivity index (χ3n) is 4.10. The van der Waals surface area contributed by atoms with Crippen molar-refractivity contribution in [3.8, 4) is 0 Å². The van der Waals surface area contributed by atoms with Crippen LogP contribution in [0.4, 0.5) is 0 Å². The quantitative estimate of drug-likeness (QED) is 0.817. The van der Waals surface area contributed by atoms with Gasteiger partial charge in [-0.3, -0.25) is 4.79 Å². The van der Waals surface area contributed by atoms with Crippen LogP contribution in [-0.4, -0.2) is 42.2 Å². The molecular weight excluding hydrogens is 302 g/mol. The Morgan fingerprint density at radius 2 is 2.18 bits per heavy atom. The minimum Gasteiger partial charge on any atom is -0.466 e. The zero-order chi connectivity index (χ0) is 15.9. The lowest BCUT2D eigenvalue weighted by Crippen LogP contribution is -2.40. The van der Waals surface area contributed by atoms with Gasteiger partial charge in [0.1, 0.15) is 0 Å². The first-order valence-electron chi connectivity index (χ1n) is 7.92. The third kappa shape index (κ3) is 4.97. The number of aliphatic hydroxyl groups is 1. The summed E-state index contributed by atoms with van der Waals surface area (Å²) in [5.41, 5.74) is 0.878. The fraction of sp³-hybridized carbons (Fsp3) is 0.588. The van der Waals surface area contributed by atoms with E-state index < -0.39 is 6.10 Å². The molecule has 2 atom stereocenters. The number of likely N-dealkylation sites (tertiary alicyclic amines) is 1. The second-order valence-electron chi connectivity index (χ2n) is 5.75. The van der Waals surface area contributed by atoms with Crippen molar-refractivity contribution in [1.82, 2.24) is 4.90 Å². The van der Waals surface area contributed by atoms with E-state index in [2.05, 4.69) is 4.90 Å². The summed E-state index contributed by atoms with van der Waals surface area (Å²) in [5, 5.41) is 10.9. The predicted molar refractivity (Wildman–Crippen MR) is 86.8 cm³/mol. The van der Waals surface area contributed by atoms with E-state index >= 15 is 0 Å². The summed E-state index contributed by atoms with van der Waals surface area (Å²) in [6.45, 7) is 4.75. The zero-order valence-corrected chi connectivity index (χ0v) is 13.8. The lowest BCUT2D eigenvalue weighted by atomic mass is 9.97. The van der Waals surface area contributed by atoms with Crippen LogP contribution in [0.3, 0.4) is 0 Å². The number of aliphatic hydroxyl groups excluding tert-OH is 1. The van der Waals surface area contributed by atoms with Crippen LogP contribution < -0.4 is 0 Å². The molecule has 0 bridgehead atoms. The number of rotatable bonds is 6. The van der Waals surface area contributed by atoms with E-state index in [1.807, 2.05) is 19.1 Å². The number of hydrogen-bond donors (Lipinski definition) is 1. The van der Waals surface area contributed by atoms with Crippen molar-refractivity contribution in [2.24, 2.45) is 5.92 Å². The van der Waals surface area contributed by atoms with Crippen LogP contribution in [0.1, 0.15) is 37.9 Å². The third-order valence-corrected chi connectivity index (χ3v) is 4.35. The van der Waals surface area contributed by atoms with Crippen molar-refractivity contribution in [1.29, 1.82) is 0 Å². The smallest absolute Gasteiger partial charge is 0.310 e. The van der Waals surface area contributed by atoms with E-state index in [-0.39, 0.29) is 11.9 Å². The van der Waals surface area contributed by atoms with Crippen molar-refractivity contribution >= 4 is 17.6 Å². The van der Waals surface area contributed by atoms with Gasteiger partial charge in [-0.15, -0.1) is 0 Å². The number of carbonyl (C=O) groups excluding carboxylic acids is 1. The Hall–Kier alpha value is -1.10. The Morgan fingerprint density at radius 1 is 1.45 bits per heavy atom. The number of hydrogen-bond acceptors (Lipinski definition) is 4. The number of benzene rings is 1. The van der Waals surface area contributed by atoms with E-state index in [0.29, 0.717) is 18.1 Å². The molecule has 1 aromatic rings. The average molecular weight is 326 g/mol. The van der Waals surface area contributed by atoms with E-state index in [9.17, 15) is 9.90 Å². The highest BCUT2D eigenvalue weighted by atomic mass is 35.5. The van der Waals surface area contributed by atoms with Gasteiger partial charge in [0.2, 0.25) is 0 Å².